The monoisotopic (exact) mass is 244 g/mol. The lowest BCUT2D eigenvalue weighted by atomic mass is 10.2. The van der Waals surface area contributed by atoms with Gasteiger partial charge in [0, 0.05) is 12.2 Å². The molecule has 1 aromatic heterocycles. The van der Waals surface area contributed by atoms with Gasteiger partial charge in [-0.25, -0.2) is 0 Å². The predicted molar refractivity (Wildman–Crippen MR) is 70.6 cm³/mol. The van der Waals surface area contributed by atoms with Crippen LogP contribution in [0.1, 0.15) is 21.7 Å². The third kappa shape index (κ3) is 2.99. The maximum Gasteiger partial charge on any atom is 0.258 e. The summed E-state index contributed by atoms with van der Waals surface area (Å²) in [6, 6.07) is 9.45. The number of furan rings is 1. The Balaban J connectivity index is 2.09. The normalized spacial score (nSPS) is 10.3. The van der Waals surface area contributed by atoms with E-state index in [0.717, 1.165) is 23.6 Å². The second-order valence-corrected chi connectivity index (χ2v) is 4.13. The Bertz CT molecular complexity index is 546. The van der Waals surface area contributed by atoms with Gasteiger partial charge >= 0.3 is 0 Å². The van der Waals surface area contributed by atoms with Crippen molar-refractivity contribution in [3.05, 3.63) is 53.5 Å². The number of nitrogens with one attached hydrogen (secondary N) is 2. The molecule has 4 nitrogen and oxygen atoms in total. The quantitative estimate of drug-likeness (QED) is 0.869. The summed E-state index contributed by atoms with van der Waals surface area (Å²) in [6.45, 7) is 2.58. The highest BCUT2D eigenvalue weighted by molar-refractivity contribution is 6.04. The topological polar surface area (TPSA) is 54.3 Å². The standard InChI is InChI=1S/C14H16N2O2/c1-10-6-12(9-18-10)14(17)16-13-5-3-4-11(7-13)8-15-2/h3-7,9,15H,8H2,1-2H3,(H,16,17). The van der Waals surface area contributed by atoms with Crippen molar-refractivity contribution in [3.63, 3.8) is 0 Å². The molecule has 1 amide bonds. The van der Waals surface area contributed by atoms with Gasteiger partial charge in [-0.2, -0.15) is 0 Å². The molecule has 0 aliphatic rings. The molecular weight excluding hydrogens is 228 g/mol. The number of aryl methyl sites for hydroxylation is 1. The number of hydrogen-bond acceptors (Lipinski definition) is 3. The molecule has 0 saturated heterocycles. The molecule has 0 aliphatic carbocycles. The molecule has 0 bridgehead atoms. The van der Waals surface area contributed by atoms with E-state index in [1.807, 2.05) is 38.2 Å². The number of rotatable bonds is 4. The number of carbonyl (C=O) groups excluding carboxylic acids is 1. The van der Waals surface area contributed by atoms with Crippen LogP contribution in [-0.2, 0) is 6.54 Å². The molecule has 0 radical (unpaired) electrons. The van der Waals surface area contributed by atoms with E-state index in [-0.39, 0.29) is 5.91 Å². The van der Waals surface area contributed by atoms with Crippen LogP contribution in [0.5, 0.6) is 0 Å². The fourth-order valence-electron chi connectivity index (χ4n) is 1.73. The average Bonchev–Trinajstić information content (AvgIpc) is 2.77. The smallest absolute Gasteiger partial charge is 0.258 e. The lowest BCUT2D eigenvalue weighted by Crippen LogP contribution is -2.11. The molecule has 1 aromatic carbocycles. The second kappa shape index (κ2) is 5.51. The minimum atomic E-state index is -0.159. The molecule has 2 rings (SSSR count). The van der Waals surface area contributed by atoms with Gasteiger partial charge in [-0.3, -0.25) is 4.79 Å². The molecular formula is C14H16N2O2. The number of amides is 1. The van der Waals surface area contributed by atoms with Crippen LogP contribution in [0.25, 0.3) is 0 Å². The highest BCUT2D eigenvalue weighted by Gasteiger charge is 2.08. The number of anilines is 1. The average molecular weight is 244 g/mol. The Hall–Kier alpha value is -2.07. The van der Waals surface area contributed by atoms with Crippen LogP contribution in [0.4, 0.5) is 5.69 Å². The largest absolute Gasteiger partial charge is 0.469 e. The molecule has 0 atom stereocenters. The van der Waals surface area contributed by atoms with Gasteiger partial charge in [-0.1, -0.05) is 12.1 Å². The SMILES string of the molecule is CNCc1cccc(NC(=O)c2coc(C)c2)c1. The van der Waals surface area contributed by atoms with Gasteiger partial charge in [0.25, 0.3) is 5.91 Å². The van der Waals surface area contributed by atoms with Crippen LogP contribution in [0.2, 0.25) is 0 Å². The van der Waals surface area contributed by atoms with Crippen LogP contribution in [0.3, 0.4) is 0 Å². The van der Waals surface area contributed by atoms with E-state index in [2.05, 4.69) is 10.6 Å². The van der Waals surface area contributed by atoms with Crippen molar-refractivity contribution < 1.29 is 9.21 Å². The van der Waals surface area contributed by atoms with Crippen molar-refractivity contribution >= 4 is 11.6 Å². The zero-order valence-corrected chi connectivity index (χ0v) is 10.5. The van der Waals surface area contributed by atoms with Crippen molar-refractivity contribution in [2.24, 2.45) is 0 Å². The molecule has 18 heavy (non-hydrogen) atoms. The van der Waals surface area contributed by atoms with Crippen LogP contribution in [0, 0.1) is 6.92 Å². The van der Waals surface area contributed by atoms with E-state index in [4.69, 9.17) is 4.42 Å². The van der Waals surface area contributed by atoms with E-state index in [0.29, 0.717) is 5.56 Å². The number of benzene rings is 1. The molecule has 0 saturated carbocycles. The number of carbonyl (C=O) groups is 1. The van der Waals surface area contributed by atoms with Crippen LogP contribution >= 0.6 is 0 Å². The van der Waals surface area contributed by atoms with Crippen molar-refractivity contribution in [2.45, 2.75) is 13.5 Å². The predicted octanol–water partition coefficient (Wildman–Crippen LogP) is 2.56. The first-order valence-electron chi connectivity index (χ1n) is 5.79. The summed E-state index contributed by atoms with van der Waals surface area (Å²) in [5, 5.41) is 5.92. The molecule has 0 spiro atoms. The maximum atomic E-state index is 11.9. The van der Waals surface area contributed by atoms with Crippen LogP contribution in [-0.4, -0.2) is 13.0 Å². The lowest BCUT2D eigenvalue weighted by Gasteiger charge is -2.06. The van der Waals surface area contributed by atoms with Gasteiger partial charge < -0.3 is 15.1 Å². The zero-order chi connectivity index (χ0) is 13.0. The second-order valence-electron chi connectivity index (χ2n) is 4.13. The van der Waals surface area contributed by atoms with Gasteiger partial charge in [0.05, 0.1) is 5.56 Å². The van der Waals surface area contributed by atoms with Crippen molar-refractivity contribution in [2.75, 3.05) is 12.4 Å². The lowest BCUT2D eigenvalue weighted by molar-refractivity contribution is 0.102. The van der Waals surface area contributed by atoms with E-state index >= 15 is 0 Å². The van der Waals surface area contributed by atoms with E-state index in [1.54, 1.807) is 6.07 Å². The first kappa shape index (κ1) is 12.4. The maximum absolute atomic E-state index is 11.9. The summed E-state index contributed by atoms with van der Waals surface area (Å²) in [6.07, 6.45) is 1.46. The molecule has 94 valence electrons. The van der Waals surface area contributed by atoms with Gasteiger partial charge in [0.1, 0.15) is 12.0 Å². The first-order chi connectivity index (χ1) is 8.69. The molecule has 2 aromatic rings. The summed E-state index contributed by atoms with van der Waals surface area (Å²) in [4.78, 5) is 11.9. The fourth-order valence-corrected chi connectivity index (χ4v) is 1.73. The molecule has 0 aliphatic heterocycles. The first-order valence-corrected chi connectivity index (χ1v) is 5.79. The fraction of sp³-hybridized carbons (Fsp3) is 0.214. The third-order valence-electron chi connectivity index (χ3n) is 2.56. The van der Waals surface area contributed by atoms with Crippen LogP contribution in [0.15, 0.2) is 41.0 Å². The third-order valence-corrected chi connectivity index (χ3v) is 2.56. The molecule has 1 heterocycles. The summed E-state index contributed by atoms with van der Waals surface area (Å²) in [5.74, 6) is 0.567. The minimum Gasteiger partial charge on any atom is -0.469 e. The summed E-state index contributed by atoms with van der Waals surface area (Å²) >= 11 is 0. The molecule has 4 heteroatoms. The van der Waals surface area contributed by atoms with Crippen molar-refractivity contribution in [1.29, 1.82) is 0 Å². The van der Waals surface area contributed by atoms with Gasteiger partial charge in [-0.05, 0) is 37.7 Å². The molecule has 0 fully saturated rings. The van der Waals surface area contributed by atoms with E-state index in [9.17, 15) is 4.79 Å². The van der Waals surface area contributed by atoms with E-state index < -0.39 is 0 Å². The Morgan fingerprint density at radius 3 is 2.83 bits per heavy atom. The highest BCUT2D eigenvalue weighted by atomic mass is 16.3. The highest BCUT2D eigenvalue weighted by Crippen LogP contribution is 2.13. The van der Waals surface area contributed by atoms with Gasteiger partial charge in [0.2, 0.25) is 0 Å². The van der Waals surface area contributed by atoms with Gasteiger partial charge in [-0.15, -0.1) is 0 Å². The Labute approximate surface area is 106 Å². The van der Waals surface area contributed by atoms with Gasteiger partial charge in [0.15, 0.2) is 0 Å². The Morgan fingerprint density at radius 2 is 2.17 bits per heavy atom. The minimum absolute atomic E-state index is 0.159. The molecule has 0 unspecified atom stereocenters. The summed E-state index contributed by atoms with van der Waals surface area (Å²) < 4.78 is 5.11. The summed E-state index contributed by atoms with van der Waals surface area (Å²) in [7, 11) is 1.89. The molecule has 2 N–H and O–H groups in total. The zero-order valence-electron chi connectivity index (χ0n) is 10.5. The summed E-state index contributed by atoms with van der Waals surface area (Å²) in [5.41, 5.74) is 2.44. The Kier molecular flexibility index (Phi) is 3.79. The van der Waals surface area contributed by atoms with Crippen molar-refractivity contribution in [1.82, 2.24) is 5.32 Å². The van der Waals surface area contributed by atoms with Crippen LogP contribution < -0.4 is 10.6 Å². The van der Waals surface area contributed by atoms with Crippen molar-refractivity contribution in [3.8, 4) is 0 Å². The van der Waals surface area contributed by atoms with E-state index in [1.165, 1.54) is 6.26 Å². The number of hydrogen-bond donors (Lipinski definition) is 2. The Morgan fingerprint density at radius 1 is 1.33 bits per heavy atom.